The van der Waals surface area contributed by atoms with Gasteiger partial charge in [0.15, 0.2) is 0 Å². The van der Waals surface area contributed by atoms with Crippen molar-refractivity contribution in [1.29, 1.82) is 0 Å². The molecule has 1 N–H and O–H groups in total. The van der Waals surface area contributed by atoms with Crippen molar-refractivity contribution in [2.75, 3.05) is 19.6 Å². The summed E-state index contributed by atoms with van der Waals surface area (Å²) in [4.78, 5) is 2.33. The molecule has 1 atom stereocenters. The minimum Gasteiger partial charge on any atom is -0.311 e. The number of rotatable bonds is 2. The predicted molar refractivity (Wildman–Crippen MR) is 80.6 cm³/mol. The average Bonchev–Trinajstić information content (AvgIpc) is 2.32. The van der Waals surface area contributed by atoms with Gasteiger partial charge in [-0.1, -0.05) is 42.8 Å². The zero-order valence-corrected chi connectivity index (χ0v) is 13.4. The maximum absolute atomic E-state index is 13.9. The van der Waals surface area contributed by atoms with Crippen molar-refractivity contribution in [3.63, 3.8) is 0 Å². The number of halogens is 2. The van der Waals surface area contributed by atoms with E-state index in [1.54, 1.807) is 6.07 Å². The first kappa shape index (κ1) is 14.9. The third kappa shape index (κ3) is 4.01. The average molecular weight is 329 g/mol. The predicted octanol–water partition coefficient (Wildman–Crippen LogP) is 3.41. The minimum atomic E-state index is -0.125. The van der Waals surface area contributed by atoms with E-state index in [1.807, 2.05) is 12.1 Å². The third-order valence-electron chi connectivity index (χ3n) is 3.71. The van der Waals surface area contributed by atoms with Crippen molar-refractivity contribution in [3.8, 4) is 0 Å². The van der Waals surface area contributed by atoms with Gasteiger partial charge in [0, 0.05) is 42.3 Å². The highest BCUT2D eigenvalue weighted by Crippen LogP contribution is 2.23. The summed E-state index contributed by atoms with van der Waals surface area (Å²) in [6, 6.07) is 5.77. The van der Waals surface area contributed by atoms with Gasteiger partial charge in [-0.25, -0.2) is 4.39 Å². The Morgan fingerprint density at radius 3 is 2.79 bits per heavy atom. The van der Waals surface area contributed by atoms with E-state index in [9.17, 15) is 4.39 Å². The fourth-order valence-corrected chi connectivity index (χ4v) is 2.76. The van der Waals surface area contributed by atoms with Crippen molar-refractivity contribution in [1.82, 2.24) is 10.2 Å². The first-order valence-electron chi connectivity index (χ1n) is 6.76. The third-order valence-corrected chi connectivity index (χ3v) is 4.21. The minimum absolute atomic E-state index is 0.125. The van der Waals surface area contributed by atoms with E-state index < -0.39 is 0 Å². The Kier molecular flexibility index (Phi) is 4.64. The molecule has 0 spiro atoms. The van der Waals surface area contributed by atoms with Crippen LogP contribution in [0.4, 0.5) is 4.39 Å². The van der Waals surface area contributed by atoms with E-state index in [-0.39, 0.29) is 11.2 Å². The molecule has 0 bridgehead atoms. The molecule has 4 heteroatoms. The van der Waals surface area contributed by atoms with Crippen LogP contribution in [-0.4, -0.2) is 30.6 Å². The number of benzene rings is 1. The Morgan fingerprint density at radius 2 is 2.16 bits per heavy atom. The summed E-state index contributed by atoms with van der Waals surface area (Å²) in [5.41, 5.74) is 1.01. The van der Waals surface area contributed by atoms with Crippen LogP contribution < -0.4 is 5.32 Å². The highest BCUT2D eigenvalue weighted by Gasteiger charge is 2.29. The molecule has 2 nitrogen and oxygen atoms in total. The van der Waals surface area contributed by atoms with Gasteiger partial charge in [-0.2, -0.15) is 0 Å². The fourth-order valence-electron chi connectivity index (χ4n) is 2.43. The molecule has 1 aromatic carbocycles. The number of hydrogen-bond donors (Lipinski definition) is 1. The van der Waals surface area contributed by atoms with E-state index >= 15 is 0 Å². The zero-order valence-electron chi connectivity index (χ0n) is 11.8. The lowest BCUT2D eigenvalue weighted by Gasteiger charge is -2.40. The van der Waals surface area contributed by atoms with E-state index in [1.165, 1.54) is 0 Å². The van der Waals surface area contributed by atoms with Crippen LogP contribution in [0.15, 0.2) is 22.7 Å². The quantitative estimate of drug-likeness (QED) is 0.895. The first-order valence-corrected chi connectivity index (χ1v) is 7.55. The van der Waals surface area contributed by atoms with Crippen molar-refractivity contribution in [2.24, 2.45) is 5.41 Å². The van der Waals surface area contributed by atoms with Gasteiger partial charge < -0.3 is 5.32 Å². The van der Waals surface area contributed by atoms with Gasteiger partial charge in [-0.3, -0.25) is 4.90 Å². The zero-order chi connectivity index (χ0) is 14.0. The van der Waals surface area contributed by atoms with E-state index in [4.69, 9.17) is 0 Å². The molecule has 2 rings (SSSR count). The Bertz CT molecular complexity index is 442. The summed E-state index contributed by atoms with van der Waals surface area (Å²) in [5, 5.41) is 3.56. The monoisotopic (exact) mass is 328 g/mol. The molecular formula is C15H22BrFN2. The lowest BCUT2D eigenvalue weighted by molar-refractivity contribution is 0.128. The van der Waals surface area contributed by atoms with Crippen LogP contribution >= 0.6 is 15.9 Å². The molecule has 1 aliphatic heterocycles. The number of hydrogen-bond acceptors (Lipinski definition) is 2. The van der Waals surface area contributed by atoms with Crippen LogP contribution in [0, 0.1) is 11.2 Å². The van der Waals surface area contributed by atoms with Crippen LogP contribution in [-0.2, 0) is 6.54 Å². The van der Waals surface area contributed by atoms with E-state index in [0.29, 0.717) is 12.6 Å². The normalized spacial score (nSPS) is 21.6. The van der Waals surface area contributed by atoms with Gasteiger partial charge in [-0.05, 0) is 17.5 Å². The maximum atomic E-state index is 13.9. The fraction of sp³-hybridized carbons (Fsp3) is 0.600. The van der Waals surface area contributed by atoms with Crippen LogP contribution in [0.5, 0.6) is 0 Å². The molecule has 1 aromatic rings. The van der Waals surface area contributed by atoms with Crippen molar-refractivity contribution in [3.05, 3.63) is 34.1 Å². The maximum Gasteiger partial charge on any atom is 0.128 e. The standard InChI is InChI=1S/C15H22BrFN2/c1-15(2,3)14-10-19(7-6-18-14)9-11-4-5-12(16)8-13(11)17/h4-5,8,14,18H,6-7,9-10H2,1-3H3. The molecular weight excluding hydrogens is 307 g/mol. The van der Waals surface area contributed by atoms with Crippen LogP contribution in [0.3, 0.4) is 0 Å². The van der Waals surface area contributed by atoms with Crippen LogP contribution in [0.2, 0.25) is 0 Å². The second-order valence-corrected chi connectivity index (χ2v) is 7.26. The lowest BCUT2D eigenvalue weighted by atomic mass is 9.85. The van der Waals surface area contributed by atoms with E-state index in [0.717, 1.165) is 29.7 Å². The molecule has 0 saturated carbocycles. The second kappa shape index (κ2) is 5.90. The number of piperazine rings is 1. The van der Waals surface area contributed by atoms with Gasteiger partial charge in [0.2, 0.25) is 0 Å². The molecule has 1 heterocycles. The summed E-state index contributed by atoms with van der Waals surface area (Å²) >= 11 is 3.29. The summed E-state index contributed by atoms with van der Waals surface area (Å²) in [6.45, 7) is 10.3. The molecule has 1 aliphatic rings. The second-order valence-electron chi connectivity index (χ2n) is 6.34. The van der Waals surface area contributed by atoms with Crippen molar-refractivity contribution in [2.45, 2.75) is 33.4 Å². The summed E-state index contributed by atoms with van der Waals surface area (Å²) in [7, 11) is 0. The molecule has 1 unspecified atom stereocenters. The largest absolute Gasteiger partial charge is 0.311 e. The van der Waals surface area contributed by atoms with Crippen molar-refractivity contribution < 1.29 is 4.39 Å². The summed E-state index contributed by atoms with van der Waals surface area (Å²) in [5.74, 6) is -0.125. The molecule has 1 saturated heterocycles. The summed E-state index contributed by atoms with van der Waals surface area (Å²) in [6.07, 6.45) is 0. The Hall–Kier alpha value is -0.450. The highest BCUT2D eigenvalue weighted by molar-refractivity contribution is 9.10. The Labute approximate surface area is 123 Å². The number of nitrogens with one attached hydrogen (secondary N) is 1. The molecule has 0 amide bonds. The van der Waals surface area contributed by atoms with Gasteiger partial charge in [0.05, 0.1) is 0 Å². The lowest BCUT2D eigenvalue weighted by Crippen LogP contribution is -2.55. The molecule has 0 aliphatic carbocycles. The van der Waals surface area contributed by atoms with Gasteiger partial charge >= 0.3 is 0 Å². The first-order chi connectivity index (χ1) is 8.86. The SMILES string of the molecule is CC(C)(C)C1CN(Cc2ccc(Br)cc2F)CCN1. The van der Waals surface area contributed by atoms with Gasteiger partial charge in [0.1, 0.15) is 5.82 Å². The van der Waals surface area contributed by atoms with Crippen LogP contribution in [0.25, 0.3) is 0 Å². The summed E-state index contributed by atoms with van der Waals surface area (Å²) < 4.78 is 14.7. The smallest absolute Gasteiger partial charge is 0.128 e. The van der Waals surface area contributed by atoms with E-state index in [2.05, 4.69) is 46.9 Å². The number of nitrogens with zero attached hydrogens (tertiary/aromatic N) is 1. The molecule has 19 heavy (non-hydrogen) atoms. The molecule has 0 aromatic heterocycles. The molecule has 1 fully saturated rings. The van der Waals surface area contributed by atoms with Gasteiger partial charge in [0.25, 0.3) is 0 Å². The molecule has 106 valence electrons. The van der Waals surface area contributed by atoms with Crippen molar-refractivity contribution >= 4 is 15.9 Å². The van der Waals surface area contributed by atoms with Gasteiger partial charge in [-0.15, -0.1) is 0 Å². The Balaban J connectivity index is 2.03. The van der Waals surface area contributed by atoms with Crippen LogP contribution in [0.1, 0.15) is 26.3 Å². The molecule has 0 radical (unpaired) electrons. The topological polar surface area (TPSA) is 15.3 Å². The Morgan fingerprint density at radius 1 is 1.42 bits per heavy atom. The highest BCUT2D eigenvalue weighted by atomic mass is 79.9.